The molecule has 0 aliphatic carbocycles. The predicted octanol–water partition coefficient (Wildman–Crippen LogP) is 4.41. The zero-order valence-electron chi connectivity index (χ0n) is 13.0. The summed E-state index contributed by atoms with van der Waals surface area (Å²) < 4.78 is 0. The van der Waals surface area contributed by atoms with E-state index in [1.165, 1.54) is 0 Å². The van der Waals surface area contributed by atoms with Crippen molar-refractivity contribution in [2.45, 2.75) is 20.8 Å². The van der Waals surface area contributed by atoms with Crippen LogP contribution in [0.2, 0.25) is 0 Å². The quantitative estimate of drug-likeness (QED) is 0.759. The van der Waals surface area contributed by atoms with Crippen molar-refractivity contribution in [3.8, 4) is 0 Å². The van der Waals surface area contributed by atoms with E-state index < -0.39 is 0 Å². The van der Waals surface area contributed by atoms with Gasteiger partial charge < -0.3 is 5.32 Å². The molecule has 0 fully saturated rings. The van der Waals surface area contributed by atoms with Crippen molar-refractivity contribution in [1.82, 2.24) is 4.98 Å². The van der Waals surface area contributed by atoms with E-state index in [0.717, 1.165) is 33.3 Å². The molecule has 0 unspecified atom stereocenters. The Labute approximate surface area is 130 Å². The van der Waals surface area contributed by atoms with Gasteiger partial charge in [-0.25, -0.2) is 0 Å². The topological polar surface area (TPSA) is 42.0 Å². The molecule has 0 atom stereocenters. The number of pyridine rings is 1. The maximum absolute atomic E-state index is 12.4. The van der Waals surface area contributed by atoms with Crippen LogP contribution in [0.4, 0.5) is 5.69 Å². The highest BCUT2D eigenvalue weighted by atomic mass is 16.1. The molecule has 1 heterocycles. The summed E-state index contributed by atoms with van der Waals surface area (Å²) >= 11 is 0. The number of anilines is 1. The van der Waals surface area contributed by atoms with Gasteiger partial charge in [-0.2, -0.15) is 0 Å². The normalized spacial score (nSPS) is 10.7. The number of benzene rings is 2. The average Bonchev–Trinajstić information content (AvgIpc) is 2.48. The van der Waals surface area contributed by atoms with Crippen molar-refractivity contribution < 1.29 is 4.79 Å². The third-order valence-electron chi connectivity index (χ3n) is 3.74. The first-order valence-corrected chi connectivity index (χ1v) is 7.28. The molecule has 3 heteroatoms. The summed E-state index contributed by atoms with van der Waals surface area (Å²) in [6, 6.07) is 13.5. The summed E-state index contributed by atoms with van der Waals surface area (Å²) in [7, 11) is 0. The lowest BCUT2D eigenvalue weighted by molar-refractivity contribution is 0.102. The smallest absolute Gasteiger partial charge is 0.255 e. The van der Waals surface area contributed by atoms with E-state index in [1.807, 2.05) is 51.1 Å². The Morgan fingerprint density at radius 3 is 2.41 bits per heavy atom. The molecule has 0 saturated heterocycles. The molecule has 0 aliphatic rings. The number of hydrogen-bond acceptors (Lipinski definition) is 2. The minimum atomic E-state index is -0.105. The lowest BCUT2D eigenvalue weighted by atomic mass is 10.1. The van der Waals surface area contributed by atoms with Gasteiger partial charge in [0, 0.05) is 17.1 Å². The van der Waals surface area contributed by atoms with Crippen molar-refractivity contribution in [1.29, 1.82) is 0 Å². The molecule has 110 valence electrons. The molecule has 2 aromatic carbocycles. The Kier molecular flexibility index (Phi) is 3.63. The molecular weight excluding hydrogens is 272 g/mol. The number of aryl methyl sites for hydroxylation is 3. The summed E-state index contributed by atoms with van der Waals surface area (Å²) in [4.78, 5) is 16.8. The number of amides is 1. The lowest BCUT2D eigenvalue weighted by Gasteiger charge is -2.11. The van der Waals surface area contributed by atoms with Gasteiger partial charge in [-0.3, -0.25) is 9.78 Å². The van der Waals surface area contributed by atoms with Crippen LogP contribution < -0.4 is 5.32 Å². The molecule has 3 rings (SSSR count). The summed E-state index contributed by atoms with van der Waals surface area (Å²) in [5.41, 5.74) is 5.78. The fourth-order valence-corrected chi connectivity index (χ4v) is 2.62. The van der Waals surface area contributed by atoms with E-state index in [9.17, 15) is 4.79 Å². The summed E-state index contributed by atoms with van der Waals surface area (Å²) in [6.45, 7) is 6.09. The number of nitrogens with zero attached hydrogens (tertiary/aromatic N) is 1. The predicted molar refractivity (Wildman–Crippen MR) is 90.3 cm³/mol. The van der Waals surface area contributed by atoms with Gasteiger partial charge in [-0.05, 0) is 50.6 Å². The van der Waals surface area contributed by atoms with Crippen LogP contribution in [-0.4, -0.2) is 10.9 Å². The van der Waals surface area contributed by atoms with Crippen LogP contribution in [0.15, 0.2) is 48.7 Å². The summed E-state index contributed by atoms with van der Waals surface area (Å²) in [5, 5.41) is 3.97. The van der Waals surface area contributed by atoms with E-state index in [1.54, 1.807) is 6.20 Å². The molecule has 0 aliphatic heterocycles. The highest BCUT2D eigenvalue weighted by Gasteiger charge is 2.10. The molecule has 0 spiro atoms. The first kappa shape index (κ1) is 14.3. The van der Waals surface area contributed by atoms with Crippen LogP contribution in [0.5, 0.6) is 0 Å². The van der Waals surface area contributed by atoms with Gasteiger partial charge in [0.1, 0.15) is 0 Å². The molecular formula is C19H18N2O. The Morgan fingerprint density at radius 1 is 0.955 bits per heavy atom. The van der Waals surface area contributed by atoms with Gasteiger partial charge in [0.15, 0.2) is 0 Å². The number of hydrogen-bond donors (Lipinski definition) is 1. The third-order valence-corrected chi connectivity index (χ3v) is 3.74. The van der Waals surface area contributed by atoms with Crippen LogP contribution in [0.3, 0.4) is 0 Å². The van der Waals surface area contributed by atoms with E-state index >= 15 is 0 Å². The monoisotopic (exact) mass is 290 g/mol. The van der Waals surface area contributed by atoms with Crippen molar-refractivity contribution in [3.63, 3.8) is 0 Å². The number of nitrogens with one attached hydrogen (secondary N) is 1. The van der Waals surface area contributed by atoms with Crippen LogP contribution in [0.25, 0.3) is 10.9 Å². The number of fused-ring (bicyclic) bond motifs is 1. The maximum atomic E-state index is 12.4. The number of rotatable bonds is 2. The largest absolute Gasteiger partial charge is 0.321 e. The van der Waals surface area contributed by atoms with Gasteiger partial charge in [0.25, 0.3) is 5.91 Å². The van der Waals surface area contributed by atoms with Gasteiger partial charge in [-0.15, -0.1) is 0 Å². The van der Waals surface area contributed by atoms with Crippen LogP contribution in [-0.2, 0) is 0 Å². The van der Waals surface area contributed by atoms with E-state index in [2.05, 4.69) is 22.4 Å². The van der Waals surface area contributed by atoms with Crippen molar-refractivity contribution in [2.24, 2.45) is 0 Å². The molecule has 1 amide bonds. The average molecular weight is 290 g/mol. The first-order valence-electron chi connectivity index (χ1n) is 7.28. The number of carbonyl (C=O) groups excluding carboxylic acids is 1. The van der Waals surface area contributed by atoms with Gasteiger partial charge in [0.2, 0.25) is 0 Å². The van der Waals surface area contributed by atoms with Gasteiger partial charge in [0.05, 0.1) is 11.2 Å². The molecule has 22 heavy (non-hydrogen) atoms. The molecule has 0 saturated carbocycles. The standard InChI is InChI=1S/C19H18N2O/c1-12-4-6-15(7-5-12)19(22)21-17-8-9-20-18-14(3)10-13(2)11-16(17)18/h4-11H,1-3H3,(H,20,21,22). The maximum Gasteiger partial charge on any atom is 0.255 e. The molecule has 1 aromatic heterocycles. The fraction of sp³-hybridized carbons (Fsp3) is 0.158. The van der Waals surface area contributed by atoms with Crippen LogP contribution >= 0.6 is 0 Å². The van der Waals surface area contributed by atoms with Crippen molar-refractivity contribution in [2.75, 3.05) is 5.32 Å². The van der Waals surface area contributed by atoms with Gasteiger partial charge in [-0.1, -0.05) is 29.3 Å². The second-order valence-electron chi connectivity index (χ2n) is 5.66. The van der Waals surface area contributed by atoms with Crippen molar-refractivity contribution >= 4 is 22.5 Å². The second kappa shape index (κ2) is 5.60. The minimum Gasteiger partial charge on any atom is -0.321 e. The highest BCUT2D eigenvalue weighted by Crippen LogP contribution is 2.26. The zero-order chi connectivity index (χ0) is 15.7. The Morgan fingerprint density at radius 2 is 1.68 bits per heavy atom. The fourth-order valence-electron chi connectivity index (χ4n) is 2.62. The van der Waals surface area contributed by atoms with E-state index in [-0.39, 0.29) is 5.91 Å². The Hall–Kier alpha value is -2.68. The van der Waals surface area contributed by atoms with E-state index in [4.69, 9.17) is 0 Å². The molecule has 3 nitrogen and oxygen atoms in total. The van der Waals surface area contributed by atoms with Crippen molar-refractivity contribution in [3.05, 3.63) is 70.9 Å². The molecule has 1 N–H and O–H groups in total. The summed E-state index contributed by atoms with van der Waals surface area (Å²) in [6.07, 6.45) is 1.73. The highest BCUT2D eigenvalue weighted by molar-refractivity contribution is 6.09. The number of carbonyl (C=O) groups is 1. The van der Waals surface area contributed by atoms with E-state index in [0.29, 0.717) is 5.56 Å². The first-order chi connectivity index (χ1) is 10.5. The minimum absolute atomic E-state index is 0.105. The van der Waals surface area contributed by atoms with Crippen LogP contribution in [0.1, 0.15) is 27.0 Å². The lowest BCUT2D eigenvalue weighted by Crippen LogP contribution is -2.12. The molecule has 3 aromatic rings. The Bertz CT molecular complexity index is 851. The summed E-state index contributed by atoms with van der Waals surface area (Å²) in [5.74, 6) is -0.105. The second-order valence-corrected chi connectivity index (χ2v) is 5.66. The molecule has 0 bridgehead atoms. The van der Waals surface area contributed by atoms with Gasteiger partial charge >= 0.3 is 0 Å². The number of aromatic nitrogens is 1. The SMILES string of the molecule is Cc1ccc(C(=O)Nc2ccnc3c(C)cc(C)cc23)cc1. The zero-order valence-corrected chi connectivity index (χ0v) is 13.0. The Balaban J connectivity index is 2.00. The molecule has 0 radical (unpaired) electrons. The van der Waals surface area contributed by atoms with Crippen LogP contribution in [0, 0.1) is 20.8 Å². The third kappa shape index (κ3) is 2.70.